The fourth-order valence-corrected chi connectivity index (χ4v) is 2.01. The number of phenols is 1. The van der Waals surface area contributed by atoms with E-state index in [1.807, 2.05) is 6.07 Å². The Kier molecular flexibility index (Phi) is 4.28. The zero-order valence-corrected chi connectivity index (χ0v) is 12.4. The van der Waals surface area contributed by atoms with Crippen LogP contribution in [0.25, 0.3) is 0 Å². The molecule has 4 nitrogen and oxygen atoms in total. The Morgan fingerprint density at radius 3 is 2.65 bits per heavy atom. The number of nitrogens with zero attached hydrogens (tertiary/aromatic N) is 1. The zero-order chi connectivity index (χ0) is 14.7. The summed E-state index contributed by atoms with van der Waals surface area (Å²) in [6.07, 6.45) is 0. The molecule has 0 spiro atoms. The molecule has 0 heterocycles. The third-order valence-electron chi connectivity index (χ3n) is 2.56. The second-order valence-electron chi connectivity index (χ2n) is 3.93. The van der Waals surface area contributed by atoms with E-state index in [-0.39, 0.29) is 16.7 Å². The molecule has 2 N–H and O–H groups in total. The van der Waals surface area contributed by atoms with Gasteiger partial charge >= 0.3 is 0 Å². The normalized spacial score (nSPS) is 9.85. The molecule has 0 aliphatic rings. The topological polar surface area (TPSA) is 73.1 Å². The Labute approximate surface area is 128 Å². The monoisotopic (exact) mass is 350 g/mol. The third-order valence-corrected chi connectivity index (χ3v) is 3.54. The predicted molar refractivity (Wildman–Crippen MR) is 79.9 cm³/mol. The molecule has 2 rings (SSSR count). The number of hydrogen-bond donors (Lipinski definition) is 2. The standard InChI is InChI=1S/C14H8BrClN2O2/c15-11-4-2-8(5-13(11)19)14(20)18-10-3-1-9(7-17)12(16)6-10/h1-6,19H,(H,18,20). The molecule has 100 valence electrons. The minimum Gasteiger partial charge on any atom is -0.507 e. The number of nitrogens with one attached hydrogen (secondary N) is 1. The van der Waals surface area contributed by atoms with Crippen LogP contribution in [0, 0.1) is 11.3 Å². The van der Waals surface area contributed by atoms with Crippen molar-refractivity contribution < 1.29 is 9.90 Å². The van der Waals surface area contributed by atoms with Crippen LogP contribution in [-0.2, 0) is 0 Å². The fourth-order valence-electron chi connectivity index (χ4n) is 1.54. The first-order chi connectivity index (χ1) is 9.51. The van der Waals surface area contributed by atoms with E-state index in [9.17, 15) is 9.90 Å². The third kappa shape index (κ3) is 3.10. The lowest BCUT2D eigenvalue weighted by molar-refractivity contribution is 0.102. The lowest BCUT2D eigenvalue weighted by atomic mass is 10.2. The summed E-state index contributed by atoms with van der Waals surface area (Å²) in [7, 11) is 0. The maximum Gasteiger partial charge on any atom is 0.255 e. The summed E-state index contributed by atoms with van der Waals surface area (Å²) in [6.45, 7) is 0. The maximum atomic E-state index is 12.0. The molecule has 0 bridgehead atoms. The fraction of sp³-hybridized carbons (Fsp3) is 0. The number of hydrogen-bond acceptors (Lipinski definition) is 3. The van der Waals surface area contributed by atoms with Gasteiger partial charge in [-0.25, -0.2) is 0 Å². The maximum absolute atomic E-state index is 12.0. The highest BCUT2D eigenvalue weighted by molar-refractivity contribution is 9.10. The van der Waals surface area contributed by atoms with E-state index >= 15 is 0 Å². The average molecular weight is 352 g/mol. The molecular weight excluding hydrogens is 344 g/mol. The van der Waals surface area contributed by atoms with Gasteiger partial charge in [0.1, 0.15) is 11.8 Å². The van der Waals surface area contributed by atoms with Crippen LogP contribution in [0.1, 0.15) is 15.9 Å². The first-order valence-corrected chi connectivity index (χ1v) is 6.68. The minimum absolute atomic E-state index is 0.0180. The molecule has 0 saturated heterocycles. The Morgan fingerprint density at radius 1 is 1.30 bits per heavy atom. The van der Waals surface area contributed by atoms with Gasteiger partial charge in [-0.1, -0.05) is 11.6 Å². The Bertz CT molecular complexity index is 726. The van der Waals surface area contributed by atoms with Crippen molar-refractivity contribution in [3.63, 3.8) is 0 Å². The van der Waals surface area contributed by atoms with Crippen LogP contribution in [0.15, 0.2) is 40.9 Å². The molecule has 0 unspecified atom stereocenters. The van der Waals surface area contributed by atoms with Gasteiger partial charge < -0.3 is 10.4 Å². The molecule has 0 aliphatic carbocycles. The number of aromatic hydroxyl groups is 1. The minimum atomic E-state index is -0.381. The SMILES string of the molecule is N#Cc1ccc(NC(=O)c2ccc(Br)c(O)c2)cc1Cl. The van der Waals surface area contributed by atoms with Gasteiger partial charge in [0.05, 0.1) is 15.1 Å². The first kappa shape index (κ1) is 14.4. The average Bonchev–Trinajstić information content (AvgIpc) is 2.42. The van der Waals surface area contributed by atoms with Crippen molar-refractivity contribution in [1.82, 2.24) is 0 Å². The lowest BCUT2D eigenvalue weighted by Crippen LogP contribution is -2.11. The van der Waals surface area contributed by atoms with E-state index in [4.69, 9.17) is 16.9 Å². The van der Waals surface area contributed by atoms with Gasteiger partial charge in [-0.15, -0.1) is 0 Å². The zero-order valence-electron chi connectivity index (χ0n) is 10.0. The molecular formula is C14H8BrClN2O2. The second-order valence-corrected chi connectivity index (χ2v) is 5.19. The van der Waals surface area contributed by atoms with E-state index in [0.717, 1.165) is 0 Å². The lowest BCUT2D eigenvalue weighted by Gasteiger charge is -2.07. The molecule has 0 fully saturated rings. The predicted octanol–water partition coefficient (Wildman–Crippen LogP) is 3.93. The summed E-state index contributed by atoms with van der Waals surface area (Å²) in [4.78, 5) is 12.0. The Balaban J connectivity index is 2.21. The number of anilines is 1. The first-order valence-electron chi connectivity index (χ1n) is 5.51. The second kappa shape index (κ2) is 5.95. The molecule has 2 aromatic rings. The van der Waals surface area contributed by atoms with Gasteiger partial charge in [-0.05, 0) is 52.3 Å². The van der Waals surface area contributed by atoms with Gasteiger partial charge in [0.15, 0.2) is 0 Å². The van der Waals surface area contributed by atoms with E-state index in [2.05, 4.69) is 21.2 Å². The Hall–Kier alpha value is -2.03. The van der Waals surface area contributed by atoms with Crippen molar-refractivity contribution in [2.45, 2.75) is 0 Å². The van der Waals surface area contributed by atoms with Gasteiger partial charge in [0.2, 0.25) is 0 Å². The van der Waals surface area contributed by atoms with E-state index in [1.165, 1.54) is 18.2 Å². The van der Waals surface area contributed by atoms with Crippen molar-refractivity contribution in [2.75, 3.05) is 5.32 Å². The highest BCUT2D eigenvalue weighted by Gasteiger charge is 2.09. The van der Waals surface area contributed by atoms with Gasteiger partial charge in [0, 0.05) is 11.3 Å². The van der Waals surface area contributed by atoms with Crippen LogP contribution in [0.3, 0.4) is 0 Å². The molecule has 20 heavy (non-hydrogen) atoms. The van der Waals surface area contributed by atoms with Crippen molar-refractivity contribution in [3.8, 4) is 11.8 Å². The van der Waals surface area contributed by atoms with Crippen molar-refractivity contribution in [3.05, 3.63) is 57.0 Å². The number of benzene rings is 2. The number of carbonyl (C=O) groups excluding carboxylic acids is 1. The van der Waals surface area contributed by atoms with Crippen LogP contribution in [0.5, 0.6) is 5.75 Å². The molecule has 0 aromatic heterocycles. The molecule has 2 aromatic carbocycles. The molecule has 6 heteroatoms. The molecule has 0 saturated carbocycles. The molecule has 0 atom stereocenters. The number of nitriles is 1. The summed E-state index contributed by atoms with van der Waals surface area (Å²) in [5.74, 6) is -0.399. The highest BCUT2D eigenvalue weighted by Crippen LogP contribution is 2.25. The highest BCUT2D eigenvalue weighted by atomic mass is 79.9. The van der Waals surface area contributed by atoms with Crippen LogP contribution >= 0.6 is 27.5 Å². The summed E-state index contributed by atoms with van der Waals surface area (Å²) < 4.78 is 0.510. The van der Waals surface area contributed by atoms with Crippen molar-refractivity contribution in [2.24, 2.45) is 0 Å². The Morgan fingerprint density at radius 2 is 2.05 bits per heavy atom. The quantitative estimate of drug-likeness (QED) is 0.861. The van der Waals surface area contributed by atoms with Crippen molar-refractivity contribution in [1.29, 1.82) is 5.26 Å². The van der Waals surface area contributed by atoms with Crippen LogP contribution in [-0.4, -0.2) is 11.0 Å². The van der Waals surface area contributed by atoms with Crippen LogP contribution < -0.4 is 5.32 Å². The largest absolute Gasteiger partial charge is 0.507 e. The number of phenolic OH excluding ortho intramolecular Hbond substituents is 1. The van der Waals surface area contributed by atoms with E-state index in [1.54, 1.807) is 18.2 Å². The summed E-state index contributed by atoms with van der Waals surface area (Å²) in [6, 6.07) is 11.0. The smallest absolute Gasteiger partial charge is 0.255 e. The van der Waals surface area contributed by atoms with Crippen LogP contribution in [0.2, 0.25) is 5.02 Å². The number of carbonyl (C=O) groups is 1. The van der Waals surface area contributed by atoms with Crippen LogP contribution in [0.4, 0.5) is 5.69 Å². The number of halogens is 2. The molecule has 0 radical (unpaired) electrons. The van der Waals surface area contributed by atoms with E-state index < -0.39 is 0 Å². The van der Waals surface area contributed by atoms with E-state index in [0.29, 0.717) is 21.3 Å². The molecule has 0 aliphatic heterocycles. The summed E-state index contributed by atoms with van der Waals surface area (Å²) in [5.41, 5.74) is 1.12. The summed E-state index contributed by atoms with van der Waals surface area (Å²) in [5, 5.41) is 21.2. The number of rotatable bonds is 2. The summed E-state index contributed by atoms with van der Waals surface area (Å²) >= 11 is 9.03. The molecule has 1 amide bonds. The van der Waals surface area contributed by atoms with Gasteiger partial charge in [0.25, 0.3) is 5.91 Å². The van der Waals surface area contributed by atoms with Gasteiger partial charge in [-0.3, -0.25) is 4.79 Å². The van der Waals surface area contributed by atoms with Crippen molar-refractivity contribution >= 4 is 39.1 Å². The number of amides is 1. The van der Waals surface area contributed by atoms with Gasteiger partial charge in [-0.2, -0.15) is 5.26 Å².